The summed E-state index contributed by atoms with van der Waals surface area (Å²) in [7, 11) is 0. The molecule has 0 spiro atoms. The first-order chi connectivity index (χ1) is 9.58. The van der Waals surface area contributed by atoms with Crippen LogP contribution in [0.4, 0.5) is 4.39 Å². The minimum absolute atomic E-state index is 0.0872. The number of rotatable bonds is 4. The van der Waals surface area contributed by atoms with Gasteiger partial charge in [-0.3, -0.25) is 9.78 Å². The lowest BCUT2D eigenvalue weighted by atomic mass is 10.1. The lowest BCUT2D eigenvalue weighted by molar-refractivity contribution is -0.121. The molecule has 1 unspecified atom stereocenters. The molecule has 2 aromatic rings. The zero-order chi connectivity index (χ0) is 14.5. The van der Waals surface area contributed by atoms with Gasteiger partial charge in [-0.05, 0) is 30.7 Å². The van der Waals surface area contributed by atoms with Crippen LogP contribution in [0.2, 0.25) is 5.02 Å². The molecule has 0 aliphatic heterocycles. The summed E-state index contributed by atoms with van der Waals surface area (Å²) < 4.78 is 13.6. The molecule has 0 bridgehead atoms. The number of pyridine rings is 1. The first-order valence-electron chi connectivity index (χ1n) is 6.20. The summed E-state index contributed by atoms with van der Waals surface area (Å²) in [5.41, 5.74) is 1.10. The Morgan fingerprint density at radius 1 is 1.40 bits per heavy atom. The molecule has 0 aliphatic rings. The highest BCUT2D eigenvalue weighted by molar-refractivity contribution is 6.31. The number of hydrogen-bond donors (Lipinski definition) is 1. The highest BCUT2D eigenvalue weighted by Crippen LogP contribution is 2.20. The second-order valence-electron chi connectivity index (χ2n) is 4.45. The average Bonchev–Trinajstić information content (AvgIpc) is 2.44. The number of amides is 1. The van der Waals surface area contributed by atoms with Gasteiger partial charge in [0, 0.05) is 23.0 Å². The fourth-order valence-electron chi connectivity index (χ4n) is 1.87. The van der Waals surface area contributed by atoms with Gasteiger partial charge in [-0.2, -0.15) is 0 Å². The predicted molar refractivity (Wildman–Crippen MR) is 75.9 cm³/mol. The molecule has 104 valence electrons. The van der Waals surface area contributed by atoms with Gasteiger partial charge in [0.15, 0.2) is 0 Å². The van der Waals surface area contributed by atoms with Crippen molar-refractivity contribution in [2.75, 3.05) is 0 Å². The maximum Gasteiger partial charge on any atom is 0.225 e. The first kappa shape index (κ1) is 14.5. The van der Waals surface area contributed by atoms with Crippen LogP contribution in [-0.2, 0) is 11.2 Å². The number of hydrogen-bond acceptors (Lipinski definition) is 2. The van der Waals surface area contributed by atoms with Crippen LogP contribution in [0.5, 0.6) is 0 Å². The Hall–Kier alpha value is -1.94. The molecule has 1 N–H and O–H groups in total. The highest BCUT2D eigenvalue weighted by atomic mass is 35.5. The molecule has 3 nitrogen and oxygen atoms in total. The molecule has 0 saturated heterocycles. The summed E-state index contributed by atoms with van der Waals surface area (Å²) in [5.74, 6) is -0.755. The number of halogens is 2. The lowest BCUT2D eigenvalue weighted by Gasteiger charge is -2.14. The minimum Gasteiger partial charge on any atom is -0.349 e. The number of benzene rings is 1. The molecule has 1 atom stereocenters. The summed E-state index contributed by atoms with van der Waals surface area (Å²) in [6.07, 6.45) is 3.26. The highest BCUT2D eigenvalue weighted by Gasteiger charge is 2.14. The number of carbonyl (C=O) groups is 1. The van der Waals surface area contributed by atoms with E-state index in [1.165, 1.54) is 12.1 Å². The third kappa shape index (κ3) is 3.54. The van der Waals surface area contributed by atoms with Crippen molar-refractivity contribution in [2.24, 2.45) is 0 Å². The molecule has 20 heavy (non-hydrogen) atoms. The van der Waals surface area contributed by atoms with Crippen LogP contribution in [0.1, 0.15) is 24.1 Å². The molecular formula is C15H14ClFN2O. The molecule has 1 heterocycles. The molecule has 0 saturated carbocycles. The fraction of sp³-hybridized carbons (Fsp3) is 0.200. The second-order valence-corrected chi connectivity index (χ2v) is 4.86. The van der Waals surface area contributed by atoms with Crippen molar-refractivity contribution in [3.05, 3.63) is 64.7 Å². The van der Waals surface area contributed by atoms with Crippen molar-refractivity contribution in [1.29, 1.82) is 0 Å². The van der Waals surface area contributed by atoms with E-state index in [0.717, 1.165) is 5.56 Å². The molecule has 1 aromatic heterocycles. The topological polar surface area (TPSA) is 42.0 Å². The lowest BCUT2D eigenvalue weighted by Crippen LogP contribution is -2.28. The Morgan fingerprint density at radius 3 is 2.85 bits per heavy atom. The molecule has 1 amide bonds. The van der Waals surface area contributed by atoms with E-state index in [0.29, 0.717) is 0 Å². The largest absolute Gasteiger partial charge is 0.349 e. The van der Waals surface area contributed by atoms with E-state index in [2.05, 4.69) is 10.3 Å². The van der Waals surface area contributed by atoms with Gasteiger partial charge < -0.3 is 5.32 Å². The van der Waals surface area contributed by atoms with Crippen molar-refractivity contribution >= 4 is 17.5 Å². The summed E-state index contributed by atoms with van der Waals surface area (Å²) in [6.45, 7) is 1.85. The van der Waals surface area contributed by atoms with Gasteiger partial charge in [-0.15, -0.1) is 0 Å². The average molecular weight is 293 g/mol. The van der Waals surface area contributed by atoms with Crippen LogP contribution in [0.3, 0.4) is 0 Å². The van der Waals surface area contributed by atoms with Gasteiger partial charge in [0.25, 0.3) is 0 Å². The normalized spacial score (nSPS) is 11.9. The first-order valence-corrected chi connectivity index (χ1v) is 6.58. The van der Waals surface area contributed by atoms with Gasteiger partial charge in [0.2, 0.25) is 5.91 Å². The Morgan fingerprint density at radius 2 is 2.20 bits per heavy atom. The van der Waals surface area contributed by atoms with E-state index in [9.17, 15) is 9.18 Å². The zero-order valence-electron chi connectivity index (χ0n) is 10.9. The number of aromatic nitrogens is 1. The van der Waals surface area contributed by atoms with E-state index in [4.69, 9.17) is 11.6 Å². The van der Waals surface area contributed by atoms with Crippen LogP contribution in [0, 0.1) is 5.82 Å². The summed E-state index contributed by atoms with van der Waals surface area (Å²) in [4.78, 5) is 15.9. The molecule has 5 heteroatoms. The Balaban J connectivity index is 2.03. The molecule has 1 aromatic carbocycles. The molecule has 2 rings (SSSR count). The molecular weight excluding hydrogens is 279 g/mol. The standard InChI is InChI=1S/C15H14ClFN2O/c1-10(11-4-3-7-18-9-11)19-15(20)8-12-13(16)5-2-6-14(12)17/h2-7,9-10H,8H2,1H3,(H,19,20). The van der Waals surface area contributed by atoms with Crippen molar-refractivity contribution in [3.63, 3.8) is 0 Å². The van der Waals surface area contributed by atoms with Crippen molar-refractivity contribution in [2.45, 2.75) is 19.4 Å². The van der Waals surface area contributed by atoms with Crippen molar-refractivity contribution in [3.8, 4) is 0 Å². The van der Waals surface area contributed by atoms with Gasteiger partial charge in [0.05, 0.1) is 12.5 Å². The summed E-state index contributed by atoms with van der Waals surface area (Å²) in [5, 5.41) is 3.05. The van der Waals surface area contributed by atoms with E-state index < -0.39 is 5.82 Å². The van der Waals surface area contributed by atoms with Crippen LogP contribution in [0.15, 0.2) is 42.7 Å². The number of nitrogens with one attached hydrogen (secondary N) is 1. The monoisotopic (exact) mass is 292 g/mol. The fourth-order valence-corrected chi connectivity index (χ4v) is 2.10. The predicted octanol–water partition coefficient (Wildman–Crippen LogP) is 3.29. The van der Waals surface area contributed by atoms with Crippen LogP contribution in [-0.4, -0.2) is 10.9 Å². The van der Waals surface area contributed by atoms with Crippen LogP contribution >= 0.6 is 11.6 Å². The number of carbonyl (C=O) groups excluding carboxylic acids is 1. The third-order valence-corrected chi connectivity index (χ3v) is 3.32. The van der Waals surface area contributed by atoms with E-state index in [1.54, 1.807) is 24.5 Å². The van der Waals surface area contributed by atoms with Gasteiger partial charge in [-0.1, -0.05) is 23.7 Å². The SMILES string of the molecule is CC(NC(=O)Cc1c(F)cccc1Cl)c1cccnc1. The third-order valence-electron chi connectivity index (χ3n) is 2.96. The van der Waals surface area contributed by atoms with E-state index in [-0.39, 0.29) is 29.0 Å². The second kappa shape index (κ2) is 6.48. The van der Waals surface area contributed by atoms with Crippen LogP contribution in [0.25, 0.3) is 0 Å². The summed E-state index contributed by atoms with van der Waals surface area (Å²) >= 11 is 5.90. The summed E-state index contributed by atoms with van der Waals surface area (Å²) in [6, 6.07) is 7.84. The molecule has 0 fully saturated rings. The van der Waals surface area contributed by atoms with Crippen LogP contribution < -0.4 is 5.32 Å². The Bertz CT molecular complexity index is 584. The van der Waals surface area contributed by atoms with Crippen molar-refractivity contribution in [1.82, 2.24) is 10.3 Å². The minimum atomic E-state index is -0.471. The maximum absolute atomic E-state index is 13.6. The zero-order valence-corrected chi connectivity index (χ0v) is 11.7. The Labute approximate surface area is 121 Å². The molecule has 0 radical (unpaired) electrons. The molecule has 0 aliphatic carbocycles. The quantitative estimate of drug-likeness (QED) is 0.939. The van der Waals surface area contributed by atoms with Crippen molar-refractivity contribution < 1.29 is 9.18 Å². The van der Waals surface area contributed by atoms with E-state index >= 15 is 0 Å². The Kier molecular flexibility index (Phi) is 4.69. The smallest absolute Gasteiger partial charge is 0.225 e. The maximum atomic E-state index is 13.6. The van der Waals surface area contributed by atoms with Gasteiger partial charge in [-0.25, -0.2) is 4.39 Å². The number of nitrogens with zero attached hydrogens (tertiary/aromatic N) is 1. The van der Waals surface area contributed by atoms with Gasteiger partial charge in [0.1, 0.15) is 5.82 Å². The van der Waals surface area contributed by atoms with E-state index in [1.807, 2.05) is 13.0 Å². The van der Waals surface area contributed by atoms with Gasteiger partial charge >= 0.3 is 0 Å².